The molecule has 0 spiro atoms. The number of carboxylic acids is 1. The van der Waals surface area contributed by atoms with Gasteiger partial charge in [-0.2, -0.15) is 5.26 Å². The molecule has 1 fully saturated rings. The number of aliphatic carboxylic acids is 1. The van der Waals surface area contributed by atoms with Gasteiger partial charge in [0.15, 0.2) is 0 Å². The van der Waals surface area contributed by atoms with Gasteiger partial charge in [-0.1, -0.05) is 59.6 Å². The number of nitrogens with zero attached hydrogens (tertiary/aromatic N) is 2. The average Bonchev–Trinajstić information content (AvgIpc) is 2.79. The fourth-order valence-electron chi connectivity index (χ4n) is 4.55. The van der Waals surface area contributed by atoms with E-state index in [1.807, 2.05) is 6.07 Å². The number of carboxylic acid groups (broad SMARTS) is 1. The van der Waals surface area contributed by atoms with Crippen molar-refractivity contribution < 1.29 is 9.90 Å². The van der Waals surface area contributed by atoms with E-state index in [1.54, 1.807) is 25.1 Å². The SMILES string of the molecule is CC(C#N)(CCN1CCC(Cc2ccccc2)CC1)C(Cc1ccc(Cl)c(Cl)c1)C(=O)O. The summed E-state index contributed by atoms with van der Waals surface area (Å²) in [6, 6.07) is 18.0. The van der Waals surface area contributed by atoms with Gasteiger partial charge in [-0.05, 0) is 87.8 Å². The van der Waals surface area contributed by atoms with Crippen LogP contribution in [-0.4, -0.2) is 35.6 Å². The molecule has 0 radical (unpaired) electrons. The van der Waals surface area contributed by atoms with Gasteiger partial charge in [-0.15, -0.1) is 0 Å². The van der Waals surface area contributed by atoms with Crippen molar-refractivity contribution in [1.82, 2.24) is 4.90 Å². The van der Waals surface area contributed by atoms with E-state index in [0.717, 1.165) is 44.5 Å². The third-order valence-electron chi connectivity index (χ3n) is 6.77. The largest absolute Gasteiger partial charge is 0.481 e. The second kappa shape index (κ2) is 11.2. The summed E-state index contributed by atoms with van der Waals surface area (Å²) in [4.78, 5) is 14.5. The van der Waals surface area contributed by atoms with E-state index in [4.69, 9.17) is 23.2 Å². The molecule has 4 nitrogen and oxygen atoms in total. The van der Waals surface area contributed by atoms with Crippen LogP contribution < -0.4 is 0 Å². The number of likely N-dealkylation sites (tertiary alicyclic amines) is 1. The molecule has 3 rings (SSSR count). The number of rotatable bonds is 9. The maximum Gasteiger partial charge on any atom is 0.308 e. The van der Waals surface area contributed by atoms with Crippen LogP contribution in [0.5, 0.6) is 0 Å². The van der Waals surface area contributed by atoms with Crippen LogP contribution in [0.15, 0.2) is 48.5 Å². The number of carbonyl (C=O) groups is 1. The number of nitriles is 1. The normalized spacial score (nSPS) is 17.9. The summed E-state index contributed by atoms with van der Waals surface area (Å²) in [5.74, 6) is -1.10. The third kappa shape index (κ3) is 6.48. The lowest BCUT2D eigenvalue weighted by atomic mass is 9.72. The Morgan fingerprint density at radius 1 is 1.16 bits per heavy atom. The summed E-state index contributed by atoms with van der Waals surface area (Å²) in [6.07, 6.45) is 4.13. The van der Waals surface area contributed by atoms with E-state index in [1.165, 1.54) is 5.56 Å². The minimum Gasteiger partial charge on any atom is -0.481 e. The Morgan fingerprint density at radius 3 is 2.44 bits per heavy atom. The quantitative estimate of drug-likeness (QED) is 0.477. The van der Waals surface area contributed by atoms with Gasteiger partial charge < -0.3 is 10.0 Å². The lowest BCUT2D eigenvalue weighted by Gasteiger charge is -2.35. The van der Waals surface area contributed by atoms with E-state index >= 15 is 0 Å². The van der Waals surface area contributed by atoms with E-state index in [-0.39, 0.29) is 6.42 Å². The molecule has 170 valence electrons. The molecule has 1 heterocycles. The first-order valence-corrected chi connectivity index (χ1v) is 11.9. The van der Waals surface area contributed by atoms with Crippen molar-refractivity contribution in [2.24, 2.45) is 17.3 Å². The zero-order valence-corrected chi connectivity index (χ0v) is 19.9. The van der Waals surface area contributed by atoms with Crippen LogP contribution in [-0.2, 0) is 17.6 Å². The van der Waals surface area contributed by atoms with Crippen molar-refractivity contribution in [3.05, 3.63) is 69.7 Å². The van der Waals surface area contributed by atoms with Gasteiger partial charge in [0.2, 0.25) is 0 Å². The molecule has 0 aliphatic carbocycles. The molecule has 2 unspecified atom stereocenters. The van der Waals surface area contributed by atoms with Crippen LogP contribution in [0.1, 0.15) is 37.3 Å². The van der Waals surface area contributed by atoms with Gasteiger partial charge in [-0.3, -0.25) is 4.79 Å². The van der Waals surface area contributed by atoms with Gasteiger partial charge in [0.25, 0.3) is 0 Å². The Balaban J connectivity index is 1.57. The Kier molecular flexibility index (Phi) is 8.59. The molecule has 32 heavy (non-hydrogen) atoms. The van der Waals surface area contributed by atoms with Gasteiger partial charge in [0.05, 0.1) is 27.4 Å². The van der Waals surface area contributed by atoms with Crippen LogP contribution >= 0.6 is 23.2 Å². The van der Waals surface area contributed by atoms with Crippen molar-refractivity contribution >= 4 is 29.2 Å². The molecule has 1 aliphatic rings. The molecule has 2 aromatic rings. The molecule has 0 saturated carbocycles. The van der Waals surface area contributed by atoms with Crippen LogP contribution in [0.25, 0.3) is 0 Å². The van der Waals surface area contributed by atoms with Crippen molar-refractivity contribution in [3.63, 3.8) is 0 Å². The highest BCUT2D eigenvalue weighted by atomic mass is 35.5. The summed E-state index contributed by atoms with van der Waals surface area (Å²) >= 11 is 12.1. The predicted octanol–water partition coefficient (Wildman–Crippen LogP) is 6.11. The Bertz CT molecular complexity index is 952. The Labute approximate surface area is 200 Å². The smallest absolute Gasteiger partial charge is 0.308 e. The third-order valence-corrected chi connectivity index (χ3v) is 7.51. The van der Waals surface area contributed by atoms with E-state index in [2.05, 4.69) is 35.2 Å². The van der Waals surface area contributed by atoms with Crippen LogP contribution in [0.4, 0.5) is 0 Å². The molecule has 0 bridgehead atoms. The molecule has 2 atom stereocenters. The van der Waals surface area contributed by atoms with Crippen molar-refractivity contribution in [2.75, 3.05) is 19.6 Å². The highest BCUT2D eigenvalue weighted by Gasteiger charge is 2.40. The van der Waals surface area contributed by atoms with E-state index in [9.17, 15) is 15.2 Å². The van der Waals surface area contributed by atoms with E-state index < -0.39 is 17.3 Å². The number of hydrogen-bond acceptors (Lipinski definition) is 3. The van der Waals surface area contributed by atoms with Gasteiger partial charge in [0.1, 0.15) is 0 Å². The first kappa shape index (κ1) is 24.6. The molecular formula is C26H30Cl2N2O2. The lowest BCUT2D eigenvalue weighted by molar-refractivity contribution is -0.145. The standard InChI is InChI=1S/C26H30Cl2N2O2/c1-26(18-29,22(25(31)32)16-21-7-8-23(27)24(28)17-21)11-14-30-12-9-20(10-13-30)15-19-5-3-2-4-6-19/h2-8,17,20,22H,9-16H2,1H3,(H,31,32). The summed E-state index contributed by atoms with van der Waals surface area (Å²) in [5, 5.41) is 20.7. The monoisotopic (exact) mass is 472 g/mol. The first-order valence-electron chi connectivity index (χ1n) is 11.1. The summed E-state index contributed by atoms with van der Waals surface area (Å²) in [7, 11) is 0. The zero-order valence-electron chi connectivity index (χ0n) is 18.4. The molecule has 2 aromatic carbocycles. The second-order valence-corrected chi connectivity index (χ2v) is 9.91. The maximum absolute atomic E-state index is 12.1. The maximum atomic E-state index is 12.1. The average molecular weight is 473 g/mol. The Hall–Kier alpha value is -2.06. The summed E-state index contributed by atoms with van der Waals surface area (Å²) < 4.78 is 0. The summed E-state index contributed by atoms with van der Waals surface area (Å²) in [6.45, 7) is 4.48. The number of hydrogen-bond donors (Lipinski definition) is 1. The number of benzene rings is 2. The van der Waals surface area contributed by atoms with E-state index in [0.29, 0.717) is 22.4 Å². The van der Waals surface area contributed by atoms with Crippen LogP contribution in [0.3, 0.4) is 0 Å². The second-order valence-electron chi connectivity index (χ2n) is 9.10. The van der Waals surface area contributed by atoms with Gasteiger partial charge in [0, 0.05) is 0 Å². The highest BCUT2D eigenvalue weighted by Crippen LogP contribution is 2.35. The fraction of sp³-hybridized carbons (Fsp3) is 0.462. The lowest BCUT2D eigenvalue weighted by Crippen LogP contribution is -2.40. The summed E-state index contributed by atoms with van der Waals surface area (Å²) in [5.41, 5.74) is 1.18. The molecule has 0 aromatic heterocycles. The zero-order chi connectivity index (χ0) is 23.1. The first-order chi connectivity index (χ1) is 15.3. The minimum atomic E-state index is -0.973. The van der Waals surface area contributed by atoms with Crippen LogP contribution in [0.2, 0.25) is 10.0 Å². The molecule has 0 amide bonds. The molecule has 6 heteroatoms. The van der Waals surface area contributed by atoms with Crippen LogP contribution in [0, 0.1) is 28.6 Å². The van der Waals surface area contributed by atoms with Gasteiger partial charge >= 0.3 is 5.97 Å². The van der Waals surface area contributed by atoms with Crippen molar-refractivity contribution in [2.45, 2.75) is 39.0 Å². The minimum absolute atomic E-state index is 0.245. The van der Waals surface area contributed by atoms with Gasteiger partial charge in [-0.25, -0.2) is 0 Å². The molecule has 1 aliphatic heterocycles. The predicted molar refractivity (Wildman–Crippen MR) is 129 cm³/mol. The Morgan fingerprint density at radius 2 is 1.84 bits per heavy atom. The fourth-order valence-corrected chi connectivity index (χ4v) is 4.87. The van der Waals surface area contributed by atoms with Crippen molar-refractivity contribution in [3.8, 4) is 6.07 Å². The highest BCUT2D eigenvalue weighted by molar-refractivity contribution is 6.42. The number of piperidine rings is 1. The molecule has 1 saturated heterocycles. The van der Waals surface area contributed by atoms with Crippen molar-refractivity contribution in [1.29, 1.82) is 5.26 Å². The topological polar surface area (TPSA) is 64.3 Å². The molecule has 1 N–H and O–H groups in total. The molecular weight excluding hydrogens is 443 g/mol. The number of halogens is 2.